The molecule has 4 rings (SSSR count). The number of rotatable bonds is 6. The number of alkyl carbamates (subject to hydrolysis) is 1. The first-order chi connectivity index (χ1) is 14.6. The second-order valence-electron chi connectivity index (χ2n) is 7.22. The van der Waals surface area contributed by atoms with E-state index in [2.05, 4.69) is 25.3 Å². The first kappa shape index (κ1) is 19.9. The van der Waals surface area contributed by atoms with Gasteiger partial charge in [0, 0.05) is 18.7 Å². The van der Waals surface area contributed by atoms with Crippen LogP contribution in [0.25, 0.3) is 11.0 Å². The van der Waals surface area contributed by atoms with Crippen LogP contribution < -0.4 is 10.6 Å². The van der Waals surface area contributed by atoms with Crippen LogP contribution in [-0.4, -0.2) is 41.7 Å². The SMILES string of the molecule is COC(=O)NC(Cc1ccccc1)C(=O)Nc1ccc2nc(C3CCCO3)[nH]c2c1. The zero-order valence-corrected chi connectivity index (χ0v) is 16.7. The van der Waals surface area contributed by atoms with Gasteiger partial charge in [0.1, 0.15) is 18.0 Å². The van der Waals surface area contributed by atoms with E-state index in [4.69, 9.17) is 4.74 Å². The van der Waals surface area contributed by atoms with E-state index in [9.17, 15) is 9.59 Å². The van der Waals surface area contributed by atoms with Gasteiger partial charge in [-0.3, -0.25) is 4.79 Å². The van der Waals surface area contributed by atoms with Crippen LogP contribution in [0.15, 0.2) is 48.5 Å². The average molecular weight is 408 g/mol. The maximum Gasteiger partial charge on any atom is 0.407 e. The first-order valence-electron chi connectivity index (χ1n) is 9.93. The van der Waals surface area contributed by atoms with Gasteiger partial charge in [0.05, 0.1) is 18.1 Å². The molecule has 3 aromatic rings. The maximum atomic E-state index is 12.9. The van der Waals surface area contributed by atoms with E-state index >= 15 is 0 Å². The van der Waals surface area contributed by atoms with Crippen LogP contribution in [0.5, 0.6) is 0 Å². The van der Waals surface area contributed by atoms with Crippen molar-refractivity contribution in [2.75, 3.05) is 19.0 Å². The van der Waals surface area contributed by atoms with Crippen molar-refractivity contribution in [2.24, 2.45) is 0 Å². The second kappa shape index (κ2) is 8.96. The number of nitrogens with one attached hydrogen (secondary N) is 3. The number of methoxy groups -OCH3 is 1. The highest BCUT2D eigenvalue weighted by atomic mass is 16.5. The number of hydrogen-bond donors (Lipinski definition) is 3. The largest absolute Gasteiger partial charge is 0.453 e. The number of carbonyl (C=O) groups is 2. The standard InChI is InChI=1S/C22H24N4O4/c1-29-22(28)26-18(12-14-6-3-2-4-7-14)21(27)23-15-9-10-16-17(13-15)25-20(24-16)19-8-5-11-30-19/h2-4,6-7,9-10,13,18-19H,5,8,11-12H2,1H3,(H,23,27)(H,24,25)(H,26,28). The van der Waals surface area contributed by atoms with Gasteiger partial charge in [-0.05, 0) is 36.6 Å². The number of aromatic nitrogens is 2. The molecule has 2 unspecified atom stereocenters. The Labute approximate surface area is 174 Å². The van der Waals surface area contributed by atoms with Gasteiger partial charge >= 0.3 is 6.09 Å². The lowest BCUT2D eigenvalue weighted by atomic mass is 10.1. The first-order valence-corrected chi connectivity index (χ1v) is 9.93. The molecule has 2 atom stereocenters. The van der Waals surface area contributed by atoms with Crippen molar-refractivity contribution in [1.82, 2.24) is 15.3 Å². The minimum Gasteiger partial charge on any atom is -0.453 e. The van der Waals surface area contributed by atoms with Gasteiger partial charge in [-0.2, -0.15) is 0 Å². The molecular weight excluding hydrogens is 384 g/mol. The van der Waals surface area contributed by atoms with Crippen LogP contribution in [0.1, 0.15) is 30.3 Å². The molecule has 0 radical (unpaired) electrons. The van der Waals surface area contributed by atoms with Gasteiger partial charge in [0.2, 0.25) is 5.91 Å². The Kier molecular flexibility index (Phi) is 5.94. The summed E-state index contributed by atoms with van der Waals surface area (Å²) < 4.78 is 10.4. The fourth-order valence-corrected chi connectivity index (χ4v) is 3.54. The number of amides is 2. The van der Waals surface area contributed by atoms with Gasteiger partial charge in [-0.1, -0.05) is 30.3 Å². The molecule has 1 aliphatic heterocycles. The molecule has 1 saturated heterocycles. The minimum atomic E-state index is -0.778. The monoisotopic (exact) mass is 408 g/mol. The lowest BCUT2D eigenvalue weighted by Gasteiger charge is -2.18. The molecule has 0 bridgehead atoms. The summed E-state index contributed by atoms with van der Waals surface area (Å²) in [6.07, 6.45) is 1.66. The number of imidazole rings is 1. The molecule has 0 spiro atoms. The number of benzene rings is 2. The summed E-state index contributed by atoms with van der Waals surface area (Å²) in [5.74, 6) is 0.475. The lowest BCUT2D eigenvalue weighted by Crippen LogP contribution is -2.45. The quantitative estimate of drug-likeness (QED) is 0.580. The molecule has 1 fully saturated rings. The number of H-pyrrole nitrogens is 1. The highest BCUT2D eigenvalue weighted by Gasteiger charge is 2.23. The van der Waals surface area contributed by atoms with Gasteiger partial charge in [0.15, 0.2) is 0 Å². The Morgan fingerprint density at radius 1 is 1.27 bits per heavy atom. The zero-order valence-electron chi connectivity index (χ0n) is 16.7. The van der Waals surface area contributed by atoms with Crippen molar-refractivity contribution in [3.63, 3.8) is 0 Å². The molecule has 2 heterocycles. The molecule has 0 aliphatic carbocycles. The van der Waals surface area contributed by atoms with Crippen LogP contribution >= 0.6 is 0 Å². The van der Waals surface area contributed by atoms with Crippen molar-refractivity contribution >= 4 is 28.7 Å². The molecule has 156 valence electrons. The van der Waals surface area contributed by atoms with E-state index < -0.39 is 12.1 Å². The highest BCUT2D eigenvalue weighted by Crippen LogP contribution is 2.28. The summed E-state index contributed by atoms with van der Waals surface area (Å²) in [6, 6.07) is 14.2. The summed E-state index contributed by atoms with van der Waals surface area (Å²) >= 11 is 0. The Balaban J connectivity index is 1.50. The maximum absolute atomic E-state index is 12.9. The third-order valence-electron chi connectivity index (χ3n) is 5.08. The van der Waals surface area contributed by atoms with Crippen LogP contribution in [-0.2, 0) is 20.7 Å². The molecule has 2 aromatic carbocycles. The molecule has 8 nitrogen and oxygen atoms in total. The van der Waals surface area contributed by atoms with Crippen molar-refractivity contribution < 1.29 is 19.1 Å². The number of ether oxygens (including phenoxy) is 2. The predicted octanol–water partition coefficient (Wildman–Crippen LogP) is 3.32. The van der Waals surface area contributed by atoms with Gasteiger partial charge in [-0.25, -0.2) is 9.78 Å². The van der Waals surface area contributed by atoms with Crippen LogP contribution in [0.2, 0.25) is 0 Å². The molecule has 0 saturated carbocycles. The summed E-state index contributed by atoms with van der Waals surface area (Å²) in [4.78, 5) is 32.5. The van der Waals surface area contributed by atoms with E-state index in [1.807, 2.05) is 42.5 Å². The van der Waals surface area contributed by atoms with Crippen LogP contribution in [0.3, 0.4) is 0 Å². The van der Waals surface area contributed by atoms with Crippen LogP contribution in [0.4, 0.5) is 10.5 Å². The Bertz CT molecular complexity index is 1030. The molecule has 1 aromatic heterocycles. The Morgan fingerprint density at radius 3 is 2.83 bits per heavy atom. The lowest BCUT2D eigenvalue weighted by molar-refractivity contribution is -0.118. The summed E-state index contributed by atoms with van der Waals surface area (Å²) in [5, 5.41) is 5.48. The number of nitrogens with zero attached hydrogens (tertiary/aromatic N) is 1. The number of anilines is 1. The highest BCUT2D eigenvalue weighted by molar-refractivity contribution is 5.98. The molecule has 2 amide bonds. The molecule has 1 aliphatic rings. The molecule has 3 N–H and O–H groups in total. The minimum absolute atomic E-state index is 0.00468. The van der Waals surface area contributed by atoms with Crippen LogP contribution in [0, 0.1) is 0 Å². The second-order valence-corrected chi connectivity index (χ2v) is 7.22. The van der Waals surface area contributed by atoms with E-state index in [0.717, 1.165) is 41.9 Å². The van der Waals surface area contributed by atoms with E-state index in [1.165, 1.54) is 7.11 Å². The summed E-state index contributed by atoms with van der Waals surface area (Å²) in [6.45, 7) is 0.749. The van der Waals surface area contributed by atoms with Crippen molar-refractivity contribution in [1.29, 1.82) is 0 Å². The van der Waals surface area contributed by atoms with Crippen molar-refractivity contribution in [3.8, 4) is 0 Å². The molecule has 8 heteroatoms. The van der Waals surface area contributed by atoms with Crippen molar-refractivity contribution in [3.05, 3.63) is 59.9 Å². The van der Waals surface area contributed by atoms with Gasteiger partial charge in [0.25, 0.3) is 0 Å². The van der Waals surface area contributed by atoms with E-state index in [-0.39, 0.29) is 12.0 Å². The third kappa shape index (κ3) is 4.60. The molecular formula is C22H24N4O4. The predicted molar refractivity (Wildman–Crippen MR) is 112 cm³/mol. The normalized spacial score (nSPS) is 16.9. The Morgan fingerprint density at radius 2 is 2.10 bits per heavy atom. The zero-order chi connectivity index (χ0) is 20.9. The summed E-state index contributed by atoms with van der Waals surface area (Å²) in [7, 11) is 1.27. The number of carbonyl (C=O) groups excluding carboxylic acids is 2. The van der Waals surface area contributed by atoms with Gasteiger partial charge in [-0.15, -0.1) is 0 Å². The fraction of sp³-hybridized carbons (Fsp3) is 0.318. The fourth-order valence-electron chi connectivity index (χ4n) is 3.54. The average Bonchev–Trinajstić information content (AvgIpc) is 3.43. The van der Waals surface area contributed by atoms with Crippen molar-refractivity contribution in [2.45, 2.75) is 31.4 Å². The molecule has 30 heavy (non-hydrogen) atoms. The van der Waals surface area contributed by atoms with Gasteiger partial charge < -0.3 is 25.1 Å². The smallest absolute Gasteiger partial charge is 0.407 e. The number of fused-ring (bicyclic) bond motifs is 1. The number of hydrogen-bond acceptors (Lipinski definition) is 5. The number of aromatic amines is 1. The topological polar surface area (TPSA) is 105 Å². The summed E-state index contributed by atoms with van der Waals surface area (Å²) in [5.41, 5.74) is 3.17. The Hall–Kier alpha value is -3.39. The van der Waals surface area contributed by atoms with E-state index in [1.54, 1.807) is 6.07 Å². The third-order valence-corrected chi connectivity index (χ3v) is 5.08. The van der Waals surface area contributed by atoms with E-state index in [0.29, 0.717) is 12.1 Å².